The zero-order valence-electron chi connectivity index (χ0n) is 11.8. The highest BCUT2D eigenvalue weighted by Gasteiger charge is 2.21. The van der Waals surface area contributed by atoms with Crippen molar-refractivity contribution in [3.8, 4) is 0 Å². The van der Waals surface area contributed by atoms with E-state index in [4.69, 9.17) is 4.42 Å². The van der Waals surface area contributed by atoms with E-state index >= 15 is 0 Å². The first-order valence-corrected chi connectivity index (χ1v) is 8.71. The van der Waals surface area contributed by atoms with E-state index in [1.165, 1.54) is 31.5 Å². The standard InChI is InChI=1S/C13H18N2O4S2/c1-15(2)21(17,18)13-4-3-11(19-13)7-14-8-12(16)10-5-6-20-9-10/h3-6,9,12,14,16H,7-8H2,1-2H3. The number of sulfonamides is 1. The summed E-state index contributed by atoms with van der Waals surface area (Å²) in [6.07, 6.45) is -0.587. The number of rotatable bonds is 7. The van der Waals surface area contributed by atoms with Gasteiger partial charge in [-0.05, 0) is 34.5 Å². The molecule has 0 aliphatic rings. The Kier molecular flexibility index (Phi) is 5.17. The van der Waals surface area contributed by atoms with Crippen molar-refractivity contribution in [2.24, 2.45) is 0 Å². The summed E-state index contributed by atoms with van der Waals surface area (Å²) in [6.45, 7) is 0.720. The molecule has 2 aromatic rings. The molecule has 0 bridgehead atoms. The van der Waals surface area contributed by atoms with Crippen LogP contribution in [0.3, 0.4) is 0 Å². The van der Waals surface area contributed by atoms with Crippen molar-refractivity contribution in [3.05, 3.63) is 40.3 Å². The fourth-order valence-electron chi connectivity index (χ4n) is 1.69. The first-order valence-electron chi connectivity index (χ1n) is 6.33. The minimum atomic E-state index is -3.54. The summed E-state index contributed by atoms with van der Waals surface area (Å²) < 4.78 is 30.1. The molecule has 1 unspecified atom stereocenters. The smallest absolute Gasteiger partial charge is 0.275 e. The molecule has 2 aromatic heterocycles. The van der Waals surface area contributed by atoms with E-state index in [0.29, 0.717) is 18.8 Å². The zero-order chi connectivity index (χ0) is 15.5. The molecule has 0 fully saturated rings. The quantitative estimate of drug-likeness (QED) is 0.802. The van der Waals surface area contributed by atoms with Crippen molar-refractivity contribution in [2.45, 2.75) is 17.7 Å². The lowest BCUT2D eigenvalue weighted by Gasteiger charge is -2.10. The molecule has 0 saturated carbocycles. The molecule has 2 heterocycles. The summed E-state index contributed by atoms with van der Waals surface area (Å²) in [5.74, 6) is 0.507. The highest BCUT2D eigenvalue weighted by Crippen LogP contribution is 2.18. The first kappa shape index (κ1) is 16.2. The molecule has 2 N–H and O–H groups in total. The molecule has 1 atom stereocenters. The molecule has 0 aromatic carbocycles. The summed E-state index contributed by atoms with van der Waals surface area (Å²) in [6, 6.07) is 4.91. The average Bonchev–Trinajstić information content (AvgIpc) is 3.10. The summed E-state index contributed by atoms with van der Waals surface area (Å²) in [7, 11) is -0.639. The third-order valence-corrected chi connectivity index (χ3v) is 5.33. The summed E-state index contributed by atoms with van der Waals surface area (Å²) in [5, 5.41) is 16.7. The number of aliphatic hydroxyl groups is 1. The van der Waals surface area contributed by atoms with Crippen LogP contribution in [0, 0.1) is 0 Å². The summed E-state index contributed by atoms with van der Waals surface area (Å²) in [5.41, 5.74) is 0.864. The largest absolute Gasteiger partial charge is 0.447 e. The van der Waals surface area contributed by atoms with E-state index in [9.17, 15) is 13.5 Å². The Balaban J connectivity index is 1.89. The van der Waals surface area contributed by atoms with Crippen LogP contribution in [0.5, 0.6) is 0 Å². The normalized spacial score (nSPS) is 13.7. The van der Waals surface area contributed by atoms with Gasteiger partial charge in [0.1, 0.15) is 5.76 Å². The van der Waals surface area contributed by atoms with Crippen LogP contribution in [0.15, 0.2) is 38.5 Å². The van der Waals surface area contributed by atoms with Crippen LogP contribution in [0.2, 0.25) is 0 Å². The maximum Gasteiger partial charge on any atom is 0.275 e. The van der Waals surface area contributed by atoms with Gasteiger partial charge in [0.2, 0.25) is 5.09 Å². The second kappa shape index (κ2) is 6.71. The van der Waals surface area contributed by atoms with Gasteiger partial charge in [0.25, 0.3) is 10.0 Å². The number of thiophene rings is 1. The Labute approximate surface area is 128 Å². The van der Waals surface area contributed by atoms with Crippen LogP contribution in [0.1, 0.15) is 17.4 Å². The van der Waals surface area contributed by atoms with Crippen LogP contribution in [0.4, 0.5) is 0 Å². The van der Waals surface area contributed by atoms with Crippen molar-refractivity contribution < 1.29 is 17.9 Å². The van der Waals surface area contributed by atoms with Crippen LogP contribution < -0.4 is 5.32 Å². The minimum Gasteiger partial charge on any atom is -0.447 e. The van der Waals surface area contributed by atoms with Crippen molar-refractivity contribution in [1.29, 1.82) is 0 Å². The number of hydrogen-bond acceptors (Lipinski definition) is 6. The van der Waals surface area contributed by atoms with Gasteiger partial charge in [-0.3, -0.25) is 0 Å². The Bertz CT molecular complexity index is 662. The molecular formula is C13H18N2O4S2. The van der Waals surface area contributed by atoms with Gasteiger partial charge >= 0.3 is 0 Å². The molecular weight excluding hydrogens is 312 g/mol. The molecule has 0 aliphatic heterocycles. The fourth-order valence-corrected chi connectivity index (χ4v) is 3.21. The van der Waals surface area contributed by atoms with Crippen molar-refractivity contribution in [2.75, 3.05) is 20.6 Å². The number of furan rings is 1. The third kappa shape index (κ3) is 3.92. The van der Waals surface area contributed by atoms with E-state index < -0.39 is 16.1 Å². The Morgan fingerprint density at radius 3 is 2.76 bits per heavy atom. The van der Waals surface area contributed by atoms with Gasteiger partial charge in [-0.2, -0.15) is 11.3 Å². The molecule has 0 spiro atoms. The lowest BCUT2D eigenvalue weighted by molar-refractivity contribution is 0.173. The molecule has 116 valence electrons. The SMILES string of the molecule is CN(C)S(=O)(=O)c1ccc(CNCC(O)c2ccsc2)o1. The van der Waals surface area contributed by atoms with Gasteiger partial charge < -0.3 is 14.8 Å². The van der Waals surface area contributed by atoms with E-state index in [1.54, 1.807) is 6.07 Å². The molecule has 2 rings (SSSR count). The second-order valence-corrected chi connectivity index (χ2v) is 7.57. The molecule has 21 heavy (non-hydrogen) atoms. The molecule has 0 saturated heterocycles. The van der Waals surface area contributed by atoms with E-state index in [2.05, 4.69) is 5.32 Å². The van der Waals surface area contributed by atoms with Crippen molar-refractivity contribution in [3.63, 3.8) is 0 Å². The van der Waals surface area contributed by atoms with Crippen LogP contribution in [-0.2, 0) is 16.6 Å². The molecule has 0 radical (unpaired) electrons. The number of nitrogens with zero attached hydrogens (tertiary/aromatic N) is 1. The minimum absolute atomic E-state index is 0.0808. The lowest BCUT2D eigenvalue weighted by atomic mass is 10.2. The predicted octanol–water partition coefficient (Wildman–Crippen LogP) is 1.41. The summed E-state index contributed by atoms with van der Waals surface area (Å²) in [4.78, 5) is 0. The second-order valence-electron chi connectivity index (χ2n) is 4.71. The molecule has 6 nitrogen and oxygen atoms in total. The van der Waals surface area contributed by atoms with Gasteiger partial charge in [-0.15, -0.1) is 0 Å². The molecule has 0 aliphatic carbocycles. The van der Waals surface area contributed by atoms with Gasteiger partial charge in [0.05, 0.1) is 12.6 Å². The van der Waals surface area contributed by atoms with Crippen molar-refractivity contribution in [1.82, 2.24) is 9.62 Å². The van der Waals surface area contributed by atoms with Gasteiger partial charge in [-0.1, -0.05) is 0 Å². The predicted molar refractivity (Wildman–Crippen MR) is 80.6 cm³/mol. The van der Waals surface area contributed by atoms with Crippen LogP contribution in [0.25, 0.3) is 0 Å². The maximum absolute atomic E-state index is 11.9. The number of aliphatic hydroxyl groups excluding tert-OH is 1. The highest BCUT2D eigenvalue weighted by molar-refractivity contribution is 7.88. The monoisotopic (exact) mass is 330 g/mol. The van der Waals surface area contributed by atoms with E-state index in [-0.39, 0.29) is 5.09 Å². The van der Waals surface area contributed by atoms with Crippen molar-refractivity contribution >= 4 is 21.4 Å². The lowest BCUT2D eigenvalue weighted by Crippen LogP contribution is -2.22. The van der Waals surface area contributed by atoms with Crippen LogP contribution >= 0.6 is 11.3 Å². The van der Waals surface area contributed by atoms with E-state index in [1.807, 2.05) is 16.8 Å². The Hall–Kier alpha value is -1.19. The van der Waals surface area contributed by atoms with Gasteiger partial charge in [0.15, 0.2) is 0 Å². The van der Waals surface area contributed by atoms with Gasteiger partial charge in [0, 0.05) is 20.6 Å². The number of hydrogen-bond donors (Lipinski definition) is 2. The summed E-state index contributed by atoms with van der Waals surface area (Å²) >= 11 is 1.53. The zero-order valence-corrected chi connectivity index (χ0v) is 13.4. The third-order valence-electron chi connectivity index (χ3n) is 2.94. The maximum atomic E-state index is 11.9. The highest BCUT2D eigenvalue weighted by atomic mass is 32.2. The Morgan fingerprint density at radius 2 is 2.14 bits per heavy atom. The molecule has 0 amide bonds. The average molecular weight is 330 g/mol. The van der Waals surface area contributed by atoms with Gasteiger partial charge in [-0.25, -0.2) is 12.7 Å². The fraction of sp³-hybridized carbons (Fsp3) is 0.385. The molecule has 8 heteroatoms. The van der Waals surface area contributed by atoms with Crippen LogP contribution in [-0.4, -0.2) is 38.5 Å². The number of nitrogens with one attached hydrogen (secondary N) is 1. The Morgan fingerprint density at radius 1 is 1.38 bits per heavy atom. The topological polar surface area (TPSA) is 82.8 Å². The van der Waals surface area contributed by atoms with E-state index in [0.717, 1.165) is 9.87 Å². The first-order chi connectivity index (χ1) is 9.91.